The molecular formula is C15H16N4O. The van der Waals surface area contributed by atoms with Gasteiger partial charge in [-0.05, 0) is 19.1 Å². The van der Waals surface area contributed by atoms with Crippen LogP contribution in [-0.2, 0) is 6.54 Å². The number of hydrogen-bond donors (Lipinski definition) is 1. The number of hydrogen-bond acceptors (Lipinski definition) is 3. The Balaban J connectivity index is 1.83. The average Bonchev–Trinajstić information content (AvgIpc) is 3.09. The number of aliphatic hydroxyl groups is 1. The van der Waals surface area contributed by atoms with Gasteiger partial charge in [-0.25, -0.2) is 9.67 Å². The SMILES string of the molecule is CC(O)c1nccn1Cc1cnn(-c2ccccc2)c1. The first-order valence-electron chi connectivity index (χ1n) is 6.52. The molecule has 0 radical (unpaired) electrons. The summed E-state index contributed by atoms with van der Waals surface area (Å²) in [7, 11) is 0. The fourth-order valence-corrected chi connectivity index (χ4v) is 2.18. The Morgan fingerprint density at radius 1 is 1.25 bits per heavy atom. The van der Waals surface area contributed by atoms with Gasteiger partial charge < -0.3 is 9.67 Å². The van der Waals surface area contributed by atoms with Gasteiger partial charge in [-0.1, -0.05) is 18.2 Å². The minimum absolute atomic E-state index is 0.575. The zero-order valence-electron chi connectivity index (χ0n) is 11.2. The molecule has 1 N–H and O–H groups in total. The van der Waals surface area contributed by atoms with Crippen LogP contribution in [0.3, 0.4) is 0 Å². The molecule has 102 valence electrons. The van der Waals surface area contributed by atoms with Crippen molar-refractivity contribution >= 4 is 0 Å². The standard InChI is InChI=1S/C15H16N4O/c1-12(20)15-16-7-8-18(15)10-13-9-17-19(11-13)14-5-3-2-4-6-14/h2-9,11-12,20H,10H2,1H3. The van der Waals surface area contributed by atoms with Crippen molar-refractivity contribution in [1.29, 1.82) is 0 Å². The summed E-state index contributed by atoms with van der Waals surface area (Å²) in [5.41, 5.74) is 2.09. The lowest BCUT2D eigenvalue weighted by Crippen LogP contribution is -2.06. The molecule has 1 aromatic carbocycles. The van der Waals surface area contributed by atoms with Crippen LogP contribution in [-0.4, -0.2) is 24.4 Å². The maximum absolute atomic E-state index is 9.65. The minimum atomic E-state index is -0.575. The van der Waals surface area contributed by atoms with Crippen molar-refractivity contribution in [3.63, 3.8) is 0 Å². The summed E-state index contributed by atoms with van der Waals surface area (Å²) in [5, 5.41) is 14.0. The summed E-state index contributed by atoms with van der Waals surface area (Å²) in [6.07, 6.45) is 6.81. The number of para-hydroxylation sites is 1. The van der Waals surface area contributed by atoms with Gasteiger partial charge in [0.25, 0.3) is 0 Å². The number of imidazole rings is 1. The molecule has 20 heavy (non-hydrogen) atoms. The van der Waals surface area contributed by atoms with Gasteiger partial charge in [0, 0.05) is 24.2 Å². The Morgan fingerprint density at radius 3 is 2.80 bits per heavy atom. The number of aromatic nitrogens is 4. The fourth-order valence-electron chi connectivity index (χ4n) is 2.18. The van der Waals surface area contributed by atoms with E-state index in [4.69, 9.17) is 0 Å². The molecule has 0 bridgehead atoms. The number of rotatable bonds is 4. The van der Waals surface area contributed by atoms with E-state index in [9.17, 15) is 5.11 Å². The van der Waals surface area contributed by atoms with Crippen molar-refractivity contribution in [1.82, 2.24) is 19.3 Å². The van der Waals surface area contributed by atoms with Crippen LogP contribution in [0.1, 0.15) is 24.4 Å². The van der Waals surface area contributed by atoms with Crippen molar-refractivity contribution in [3.05, 3.63) is 66.5 Å². The zero-order valence-corrected chi connectivity index (χ0v) is 11.2. The summed E-state index contributed by atoms with van der Waals surface area (Å²) in [5.74, 6) is 0.664. The lowest BCUT2D eigenvalue weighted by molar-refractivity contribution is 0.184. The summed E-state index contributed by atoms with van der Waals surface area (Å²) < 4.78 is 3.77. The van der Waals surface area contributed by atoms with E-state index in [1.165, 1.54) is 0 Å². The van der Waals surface area contributed by atoms with Crippen molar-refractivity contribution in [3.8, 4) is 5.69 Å². The summed E-state index contributed by atoms with van der Waals surface area (Å²) in [6.45, 7) is 2.36. The topological polar surface area (TPSA) is 55.9 Å². The Bertz CT molecular complexity index is 685. The van der Waals surface area contributed by atoms with E-state index in [2.05, 4.69) is 10.1 Å². The highest BCUT2D eigenvalue weighted by Gasteiger charge is 2.09. The van der Waals surface area contributed by atoms with Gasteiger partial charge in [-0.15, -0.1) is 0 Å². The Labute approximate surface area is 117 Å². The highest BCUT2D eigenvalue weighted by atomic mass is 16.3. The van der Waals surface area contributed by atoms with E-state index in [1.807, 2.05) is 58.2 Å². The predicted molar refractivity (Wildman–Crippen MR) is 75.5 cm³/mol. The van der Waals surface area contributed by atoms with Gasteiger partial charge in [0.15, 0.2) is 0 Å². The number of aliphatic hydroxyl groups excluding tert-OH is 1. The maximum atomic E-state index is 9.65. The summed E-state index contributed by atoms with van der Waals surface area (Å²) in [4.78, 5) is 4.16. The van der Waals surface area contributed by atoms with E-state index >= 15 is 0 Å². The number of benzene rings is 1. The molecule has 0 fully saturated rings. The molecule has 1 unspecified atom stereocenters. The molecule has 0 aliphatic heterocycles. The van der Waals surface area contributed by atoms with Crippen molar-refractivity contribution in [2.75, 3.05) is 0 Å². The average molecular weight is 268 g/mol. The van der Waals surface area contributed by atoms with Crippen LogP contribution >= 0.6 is 0 Å². The van der Waals surface area contributed by atoms with Gasteiger partial charge in [0.1, 0.15) is 11.9 Å². The molecule has 0 spiro atoms. The van der Waals surface area contributed by atoms with Crippen LogP contribution in [0.2, 0.25) is 0 Å². The van der Waals surface area contributed by atoms with Gasteiger partial charge >= 0.3 is 0 Å². The van der Waals surface area contributed by atoms with Crippen LogP contribution in [0.15, 0.2) is 55.1 Å². The second-order valence-electron chi connectivity index (χ2n) is 4.72. The quantitative estimate of drug-likeness (QED) is 0.789. The van der Waals surface area contributed by atoms with Crippen molar-refractivity contribution in [2.45, 2.75) is 19.6 Å². The molecule has 2 aromatic heterocycles. The smallest absolute Gasteiger partial charge is 0.137 e. The van der Waals surface area contributed by atoms with Gasteiger partial charge in [0.05, 0.1) is 18.4 Å². The molecule has 5 heteroatoms. The highest BCUT2D eigenvalue weighted by molar-refractivity contribution is 5.31. The molecule has 0 aliphatic carbocycles. The highest BCUT2D eigenvalue weighted by Crippen LogP contribution is 2.13. The Hall–Kier alpha value is -2.40. The van der Waals surface area contributed by atoms with Crippen LogP contribution in [0, 0.1) is 0 Å². The van der Waals surface area contributed by atoms with Gasteiger partial charge in [-0.3, -0.25) is 0 Å². The molecule has 1 atom stereocenters. The summed E-state index contributed by atoms with van der Waals surface area (Å²) in [6, 6.07) is 9.97. The lowest BCUT2D eigenvalue weighted by atomic mass is 10.3. The number of nitrogens with zero attached hydrogens (tertiary/aromatic N) is 4. The molecule has 0 saturated heterocycles. The van der Waals surface area contributed by atoms with Crippen LogP contribution in [0.4, 0.5) is 0 Å². The molecule has 3 aromatic rings. The van der Waals surface area contributed by atoms with Gasteiger partial charge in [0.2, 0.25) is 0 Å². The minimum Gasteiger partial charge on any atom is -0.385 e. The lowest BCUT2D eigenvalue weighted by Gasteiger charge is -2.08. The zero-order chi connectivity index (χ0) is 13.9. The molecule has 0 aliphatic rings. The second kappa shape index (κ2) is 5.30. The first-order chi connectivity index (χ1) is 9.74. The fraction of sp³-hybridized carbons (Fsp3) is 0.200. The van der Waals surface area contributed by atoms with E-state index in [0.29, 0.717) is 12.4 Å². The maximum Gasteiger partial charge on any atom is 0.137 e. The molecule has 3 rings (SSSR count). The molecule has 2 heterocycles. The van der Waals surface area contributed by atoms with E-state index in [1.54, 1.807) is 13.1 Å². The predicted octanol–water partition coefficient (Wildman–Crippen LogP) is 2.17. The first-order valence-corrected chi connectivity index (χ1v) is 6.52. The van der Waals surface area contributed by atoms with Crippen molar-refractivity contribution in [2.24, 2.45) is 0 Å². The molecule has 0 amide bonds. The molecule has 0 saturated carbocycles. The van der Waals surface area contributed by atoms with Crippen LogP contribution in [0.25, 0.3) is 5.69 Å². The van der Waals surface area contributed by atoms with E-state index in [-0.39, 0.29) is 0 Å². The molecule has 5 nitrogen and oxygen atoms in total. The Morgan fingerprint density at radius 2 is 2.05 bits per heavy atom. The van der Waals surface area contributed by atoms with Crippen molar-refractivity contribution < 1.29 is 5.11 Å². The van der Waals surface area contributed by atoms with E-state index < -0.39 is 6.10 Å². The first kappa shape index (κ1) is 12.6. The second-order valence-corrected chi connectivity index (χ2v) is 4.72. The molecular weight excluding hydrogens is 252 g/mol. The van der Waals surface area contributed by atoms with Crippen LogP contribution < -0.4 is 0 Å². The summed E-state index contributed by atoms with van der Waals surface area (Å²) >= 11 is 0. The monoisotopic (exact) mass is 268 g/mol. The normalized spacial score (nSPS) is 12.5. The van der Waals surface area contributed by atoms with Crippen LogP contribution in [0.5, 0.6) is 0 Å². The third-order valence-corrected chi connectivity index (χ3v) is 3.13. The van der Waals surface area contributed by atoms with E-state index in [0.717, 1.165) is 11.3 Å². The third-order valence-electron chi connectivity index (χ3n) is 3.13. The third kappa shape index (κ3) is 2.48. The van der Waals surface area contributed by atoms with Gasteiger partial charge in [-0.2, -0.15) is 5.10 Å². The largest absolute Gasteiger partial charge is 0.385 e. The Kier molecular flexibility index (Phi) is 3.35.